The van der Waals surface area contributed by atoms with Crippen LogP contribution in [0, 0.1) is 0 Å². The topological polar surface area (TPSA) is 46.6 Å². The van der Waals surface area contributed by atoms with Crippen molar-refractivity contribution < 1.29 is 14.3 Å². The summed E-state index contributed by atoms with van der Waals surface area (Å²) in [6, 6.07) is 22.0. The maximum absolute atomic E-state index is 12.7. The number of nitrogens with zero attached hydrogens (tertiary/aromatic N) is 1. The molecule has 3 aromatic carbocycles. The van der Waals surface area contributed by atoms with Crippen LogP contribution in [0.1, 0.15) is 16.7 Å². The molecule has 0 bridgehead atoms. The zero-order valence-corrected chi connectivity index (χ0v) is 18.6. The number of rotatable bonds is 6. The van der Waals surface area contributed by atoms with E-state index in [0.29, 0.717) is 27.3 Å². The molecule has 1 heterocycles. The van der Waals surface area contributed by atoms with E-state index >= 15 is 0 Å². The fourth-order valence-electron chi connectivity index (χ4n) is 3.01. The van der Waals surface area contributed by atoms with Gasteiger partial charge in [0.1, 0.15) is 12.4 Å². The Balaban J connectivity index is 1.40. The van der Waals surface area contributed by atoms with Gasteiger partial charge in [0.15, 0.2) is 0 Å². The van der Waals surface area contributed by atoms with Crippen LogP contribution in [0.4, 0.5) is 4.79 Å². The summed E-state index contributed by atoms with van der Waals surface area (Å²) in [6.45, 7) is 0.624. The molecule has 0 unspecified atom stereocenters. The first-order valence-corrected chi connectivity index (χ1v) is 11.0. The zero-order chi connectivity index (χ0) is 21.8. The minimum absolute atomic E-state index is 0.194. The van der Waals surface area contributed by atoms with Crippen LogP contribution < -0.4 is 4.74 Å². The van der Waals surface area contributed by atoms with Gasteiger partial charge in [-0.3, -0.25) is 14.5 Å². The summed E-state index contributed by atoms with van der Waals surface area (Å²) >= 11 is 12.8. The van der Waals surface area contributed by atoms with Crippen molar-refractivity contribution in [1.82, 2.24) is 4.90 Å². The third-order valence-corrected chi connectivity index (χ3v) is 5.99. The minimum Gasteiger partial charge on any atom is -0.489 e. The van der Waals surface area contributed by atoms with E-state index < -0.39 is 0 Å². The van der Waals surface area contributed by atoms with E-state index in [-0.39, 0.29) is 17.7 Å². The first kappa shape index (κ1) is 21.5. The number of imide groups is 1. The molecule has 1 aliphatic rings. The van der Waals surface area contributed by atoms with Crippen LogP contribution in [0.2, 0.25) is 10.0 Å². The number of hydrogen-bond donors (Lipinski definition) is 0. The van der Waals surface area contributed by atoms with Crippen LogP contribution in [0.25, 0.3) is 6.08 Å². The molecule has 0 aromatic heterocycles. The lowest BCUT2D eigenvalue weighted by Gasteiger charge is -2.12. The number of thioether (sulfide) groups is 1. The van der Waals surface area contributed by atoms with Gasteiger partial charge in [-0.25, -0.2) is 0 Å². The maximum Gasteiger partial charge on any atom is 0.293 e. The number of amides is 2. The Morgan fingerprint density at radius 1 is 0.871 bits per heavy atom. The van der Waals surface area contributed by atoms with Crippen molar-refractivity contribution in [3.63, 3.8) is 0 Å². The SMILES string of the molecule is O=C1S/C(=C\c2ccc(OCc3ccc(Cl)cc3)cc2)C(=O)N1Cc1cccc(Cl)c1. The van der Waals surface area contributed by atoms with E-state index in [1.54, 1.807) is 24.3 Å². The molecular weight excluding hydrogens is 453 g/mol. The average molecular weight is 470 g/mol. The Labute approximate surface area is 194 Å². The number of hydrogen-bond acceptors (Lipinski definition) is 4. The average Bonchev–Trinajstić information content (AvgIpc) is 3.02. The Kier molecular flexibility index (Phi) is 6.66. The van der Waals surface area contributed by atoms with Crippen LogP contribution in [0.15, 0.2) is 77.7 Å². The first-order chi connectivity index (χ1) is 15.0. The minimum atomic E-state index is -0.307. The highest BCUT2D eigenvalue weighted by Gasteiger charge is 2.34. The molecule has 0 atom stereocenters. The van der Waals surface area contributed by atoms with Crippen LogP contribution >= 0.6 is 35.0 Å². The Bertz CT molecular complexity index is 1140. The molecular formula is C24H17Cl2NO3S. The Morgan fingerprint density at radius 3 is 2.32 bits per heavy atom. The molecule has 3 aromatic rings. The second-order valence-corrected chi connectivity index (χ2v) is 8.75. The van der Waals surface area contributed by atoms with Crippen LogP contribution in [0.3, 0.4) is 0 Å². The predicted octanol–water partition coefficient (Wildman–Crippen LogP) is 6.81. The molecule has 1 fully saturated rings. The predicted molar refractivity (Wildman–Crippen MR) is 125 cm³/mol. The summed E-state index contributed by atoms with van der Waals surface area (Å²) in [7, 11) is 0. The number of ether oxygens (including phenoxy) is 1. The van der Waals surface area contributed by atoms with Crippen molar-refractivity contribution in [2.24, 2.45) is 0 Å². The molecule has 0 aliphatic carbocycles. The van der Waals surface area contributed by atoms with Crippen molar-refractivity contribution in [3.8, 4) is 5.75 Å². The smallest absolute Gasteiger partial charge is 0.293 e. The monoisotopic (exact) mass is 469 g/mol. The third kappa shape index (κ3) is 5.50. The maximum atomic E-state index is 12.7. The second-order valence-electron chi connectivity index (χ2n) is 6.88. The summed E-state index contributed by atoms with van der Waals surface area (Å²) < 4.78 is 5.78. The lowest BCUT2D eigenvalue weighted by molar-refractivity contribution is -0.123. The van der Waals surface area contributed by atoms with Gasteiger partial charge >= 0.3 is 0 Å². The molecule has 0 radical (unpaired) electrons. The van der Waals surface area contributed by atoms with Gasteiger partial charge in [-0.1, -0.05) is 59.6 Å². The molecule has 31 heavy (non-hydrogen) atoms. The van der Waals surface area contributed by atoms with Crippen LogP contribution in [-0.2, 0) is 17.9 Å². The van der Waals surface area contributed by atoms with Crippen LogP contribution in [-0.4, -0.2) is 16.0 Å². The lowest BCUT2D eigenvalue weighted by atomic mass is 10.2. The van der Waals surface area contributed by atoms with Gasteiger partial charge in [0, 0.05) is 10.0 Å². The van der Waals surface area contributed by atoms with E-state index in [1.165, 1.54) is 4.90 Å². The van der Waals surface area contributed by atoms with Gasteiger partial charge < -0.3 is 4.74 Å². The molecule has 0 spiro atoms. The summed E-state index contributed by atoms with van der Waals surface area (Å²) in [5, 5.41) is 0.961. The number of benzene rings is 3. The van der Waals surface area contributed by atoms with Gasteiger partial charge in [-0.2, -0.15) is 0 Å². The number of halogens is 2. The van der Waals surface area contributed by atoms with E-state index in [1.807, 2.05) is 54.6 Å². The highest BCUT2D eigenvalue weighted by Crippen LogP contribution is 2.33. The number of carbonyl (C=O) groups excluding carboxylic acids is 2. The summed E-state index contributed by atoms with van der Waals surface area (Å²) in [5.74, 6) is 0.402. The van der Waals surface area contributed by atoms with Gasteiger partial charge in [-0.05, 0) is 70.9 Å². The lowest BCUT2D eigenvalue weighted by Crippen LogP contribution is -2.27. The van der Waals surface area contributed by atoms with Crippen molar-refractivity contribution >= 4 is 52.2 Å². The van der Waals surface area contributed by atoms with Gasteiger partial charge in [0.2, 0.25) is 0 Å². The van der Waals surface area contributed by atoms with Gasteiger partial charge in [-0.15, -0.1) is 0 Å². The molecule has 1 saturated heterocycles. The molecule has 156 valence electrons. The highest BCUT2D eigenvalue weighted by molar-refractivity contribution is 8.18. The standard InChI is InChI=1S/C24H17Cl2NO3S/c25-19-8-4-17(5-9-19)15-30-21-10-6-16(7-11-21)13-22-23(28)27(24(29)31-22)14-18-2-1-3-20(26)12-18/h1-13H,14-15H2/b22-13-. The third-order valence-electron chi connectivity index (χ3n) is 4.60. The summed E-state index contributed by atoms with van der Waals surface area (Å²) in [5.41, 5.74) is 2.63. The molecule has 4 rings (SSSR count). The van der Waals surface area contributed by atoms with Crippen LogP contribution in [0.5, 0.6) is 5.75 Å². The fraction of sp³-hybridized carbons (Fsp3) is 0.0833. The van der Waals surface area contributed by atoms with E-state index in [2.05, 4.69) is 0 Å². The summed E-state index contributed by atoms with van der Waals surface area (Å²) in [4.78, 5) is 26.7. The molecule has 7 heteroatoms. The second kappa shape index (κ2) is 9.60. The Morgan fingerprint density at radius 2 is 1.61 bits per heavy atom. The van der Waals surface area contributed by atoms with E-state index in [9.17, 15) is 9.59 Å². The normalized spacial score (nSPS) is 15.0. The molecule has 0 N–H and O–H groups in total. The highest BCUT2D eigenvalue weighted by atomic mass is 35.5. The quantitative estimate of drug-likeness (QED) is 0.372. The van der Waals surface area contributed by atoms with Crippen molar-refractivity contribution in [2.45, 2.75) is 13.2 Å². The molecule has 4 nitrogen and oxygen atoms in total. The molecule has 0 saturated carbocycles. The fourth-order valence-corrected chi connectivity index (χ4v) is 4.19. The molecule has 1 aliphatic heterocycles. The summed E-state index contributed by atoms with van der Waals surface area (Å²) in [6.07, 6.45) is 1.71. The van der Waals surface area contributed by atoms with E-state index in [0.717, 1.165) is 28.5 Å². The van der Waals surface area contributed by atoms with E-state index in [4.69, 9.17) is 27.9 Å². The van der Waals surface area contributed by atoms with Crippen molar-refractivity contribution in [3.05, 3.63) is 104 Å². The first-order valence-electron chi connectivity index (χ1n) is 9.45. The van der Waals surface area contributed by atoms with Gasteiger partial charge in [0.25, 0.3) is 11.1 Å². The zero-order valence-electron chi connectivity index (χ0n) is 16.3. The largest absolute Gasteiger partial charge is 0.489 e. The molecule has 2 amide bonds. The van der Waals surface area contributed by atoms with Crippen molar-refractivity contribution in [2.75, 3.05) is 0 Å². The Hall–Kier alpha value is -2.73. The van der Waals surface area contributed by atoms with Gasteiger partial charge in [0.05, 0.1) is 11.4 Å². The number of carbonyl (C=O) groups is 2. The van der Waals surface area contributed by atoms with Crippen molar-refractivity contribution in [1.29, 1.82) is 0 Å².